The summed E-state index contributed by atoms with van der Waals surface area (Å²) in [6, 6.07) is 0. The number of sulfonamides is 1. The van der Waals surface area contributed by atoms with Gasteiger partial charge in [-0.3, -0.25) is 0 Å². The van der Waals surface area contributed by atoms with E-state index in [1.807, 2.05) is 7.05 Å². The molecule has 0 saturated heterocycles. The lowest BCUT2D eigenvalue weighted by Crippen LogP contribution is -2.31. The standard InChI is InChI=1S/C9H21ClN2O2S/c1-11-7-5-8-12(2)15(13,14)9-4-3-6-10/h11H,3-9H2,1-2H3. The van der Waals surface area contributed by atoms with Crippen molar-refractivity contribution in [1.29, 1.82) is 0 Å². The maximum atomic E-state index is 11.7. The van der Waals surface area contributed by atoms with Crippen LogP contribution in [0.2, 0.25) is 0 Å². The number of unbranched alkanes of at least 4 members (excludes halogenated alkanes) is 1. The average Bonchev–Trinajstić information content (AvgIpc) is 2.18. The fourth-order valence-electron chi connectivity index (χ4n) is 1.15. The van der Waals surface area contributed by atoms with E-state index < -0.39 is 10.0 Å². The summed E-state index contributed by atoms with van der Waals surface area (Å²) in [5.41, 5.74) is 0. The topological polar surface area (TPSA) is 49.4 Å². The zero-order chi connectivity index (χ0) is 11.7. The SMILES string of the molecule is CNCCCN(C)S(=O)(=O)CCCCCl. The summed E-state index contributed by atoms with van der Waals surface area (Å²) in [7, 11) is 0.421. The highest BCUT2D eigenvalue weighted by Gasteiger charge is 2.16. The van der Waals surface area contributed by atoms with E-state index >= 15 is 0 Å². The monoisotopic (exact) mass is 256 g/mol. The highest BCUT2D eigenvalue weighted by molar-refractivity contribution is 7.89. The van der Waals surface area contributed by atoms with Crippen LogP contribution in [-0.2, 0) is 10.0 Å². The first kappa shape index (κ1) is 15.2. The van der Waals surface area contributed by atoms with Gasteiger partial charge in [-0.1, -0.05) is 0 Å². The molecule has 0 saturated carbocycles. The van der Waals surface area contributed by atoms with Crippen LogP contribution in [0.3, 0.4) is 0 Å². The second-order valence-electron chi connectivity index (χ2n) is 3.49. The molecule has 0 fully saturated rings. The highest BCUT2D eigenvalue weighted by Crippen LogP contribution is 2.03. The van der Waals surface area contributed by atoms with E-state index in [1.54, 1.807) is 7.05 Å². The Hall–Kier alpha value is 0.160. The summed E-state index contributed by atoms with van der Waals surface area (Å²) >= 11 is 5.50. The Morgan fingerprint density at radius 1 is 1.27 bits per heavy atom. The van der Waals surface area contributed by atoms with Crippen LogP contribution < -0.4 is 5.32 Å². The van der Waals surface area contributed by atoms with Crippen LogP contribution in [-0.4, -0.2) is 51.5 Å². The van der Waals surface area contributed by atoms with Gasteiger partial charge in [-0.25, -0.2) is 12.7 Å². The van der Waals surface area contributed by atoms with Gasteiger partial charge in [0.2, 0.25) is 10.0 Å². The van der Waals surface area contributed by atoms with Gasteiger partial charge in [0.15, 0.2) is 0 Å². The molecule has 0 bridgehead atoms. The van der Waals surface area contributed by atoms with Gasteiger partial charge >= 0.3 is 0 Å². The summed E-state index contributed by atoms with van der Waals surface area (Å²) in [4.78, 5) is 0. The molecule has 0 spiro atoms. The summed E-state index contributed by atoms with van der Waals surface area (Å²) in [5.74, 6) is 0.731. The fourth-order valence-corrected chi connectivity index (χ4v) is 2.63. The average molecular weight is 257 g/mol. The van der Waals surface area contributed by atoms with Crippen LogP contribution in [0.4, 0.5) is 0 Å². The number of hydrogen-bond donors (Lipinski definition) is 1. The van der Waals surface area contributed by atoms with Crippen molar-refractivity contribution in [2.24, 2.45) is 0 Å². The second-order valence-corrected chi connectivity index (χ2v) is 6.06. The van der Waals surface area contributed by atoms with Gasteiger partial charge in [0.1, 0.15) is 0 Å². The third-order valence-electron chi connectivity index (χ3n) is 2.16. The molecule has 0 aromatic rings. The lowest BCUT2D eigenvalue weighted by atomic mass is 10.4. The molecule has 0 heterocycles. The Kier molecular flexibility index (Phi) is 8.42. The molecule has 0 amide bonds. The van der Waals surface area contributed by atoms with Crippen molar-refractivity contribution in [3.05, 3.63) is 0 Å². The van der Waals surface area contributed by atoms with Gasteiger partial charge in [-0.15, -0.1) is 11.6 Å². The van der Waals surface area contributed by atoms with E-state index in [0.717, 1.165) is 19.4 Å². The molecule has 0 atom stereocenters. The summed E-state index contributed by atoms with van der Waals surface area (Å²) in [6.07, 6.45) is 2.23. The third kappa shape index (κ3) is 7.11. The molecule has 0 radical (unpaired) electrons. The minimum absolute atomic E-state index is 0.204. The molecule has 1 N–H and O–H groups in total. The van der Waals surface area contributed by atoms with Gasteiger partial charge in [0.25, 0.3) is 0 Å². The lowest BCUT2D eigenvalue weighted by Gasteiger charge is -2.16. The molecule has 0 aliphatic heterocycles. The Bertz CT molecular complexity index is 244. The van der Waals surface area contributed by atoms with Crippen molar-refractivity contribution >= 4 is 21.6 Å². The molecule has 92 valence electrons. The first-order valence-corrected chi connectivity index (χ1v) is 7.33. The number of nitrogens with zero attached hydrogens (tertiary/aromatic N) is 1. The third-order valence-corrected chi connectivity index (χ3v) is 4.36. The maximum Gasteiger partial charge on any atom is 0.213 e. The van der Waals surface area contributed by atoms with Crippen LogP contribution in [0.25, 0.3) is 0 Å². The molecule has 15 heavy (non-hydrogen) atoms. The van der Waals surface area contributed by atoms with Crippen LogP contribution >= 0.6 is 11.6 Å². The molecule has 0 rings (SSSR count). The van der Waals surface area contributed by atoms with Crippen molar-refractivity contribution in [3.63, 3.8) is 0 Å². The van der Waals surface area contributed by atoms with Crippen LogP contribution in [0, 0.1) is 0 Å². The predicted octanol–water partition coefficient (Wildman–Crippen LogP) is 0.876. The van der Waals surface area contributed by atoms with Crippen LogP contribution in [0.1, 0.15) is 19.3 Å². The van der Waals surface area contributed by atoms with Crippen molar-refractivity contribution < 1.29 is 8.42 Å². The van der Waals surface area contributed by atoms with Crippen molar-refractivity contribution in [2.75, 3.05) is 38.8 Å². The molecule has 4 nitrogen and oxygen atoms in total. The molecule has 0 unspecified atom stereocenters. The molecular formula is C9H21ClN2O2S. The Labute approximate surface area is 98.0 Å². The fraction of sp³-hybridized carbons (Fsp3) is 1.00. The minimum Gasteiger partial charge on any atom is -0.320 e. The minimum atomic E-state index is -3.07. The van der Waals surface area contributed by atoms with Crippen LogP contribution in [0.5, 0.6) is 0 Å². The van der Waals surface area contributed by atoms with Gasteiger partial charge < -0.3 is 5.32 Å². The van der Waals surface area contributed by atoms with Gasteiger partial charge in [-0.05, 0) is 32.9 Å². The quantitative estimate of drug-likeness (QED) is 0.492. The van der Waals surface area contributed by atoms with Crippen molar-refractivity contribution in [2.45, 2.75) is 19.3 Å². The maximum absolute atomic E-state index is 11.7. The first-order valence-electron chi connectivity index (χ1n) is 5.19. The van der Waals surface area contributed by atoms with E-state index in [-0.39, 0.29) is 5.75 Å². The number of alkyl halides is 1. The molecule has 0 aromatic heterocycles. The zero-order valence-electron chi connectivity index (χ0n) is 9.50. The summed E-state index contributed by atoms with van der Waals surface area (Å²) in [5, 5.41) is 2.99. The van der Waals surface area contributed by atoms with E-state index in [9.17, 15) is 8.42 Å². The lowest BCUT2D eigenvalue weighted by molar-refractivity contribution is 0.456. The predicted molar refractivity (Wildman–Crippen MR) is 64.9 cm³/mol. The van der Waals surface area contributed by atoms with E-state index in [4.69, 9.17) is 11.6 Å². The van der Waals surface area contributed by atoms with E-state index in [1.165, 1.54) is 4.31 Å². The van der Waals surface area contributed by atoms with E-state index in [0.29, 0.717) is 18.8 Å². The molecule has 0 aliphatic rings. The normalized spacial score (nSPS) is 12.3. The largest absolute Gasteiger partial charge is 0.320 e. The second kappa shape index (κ2) is 8.33. The number of rotatable bonds is 9. The van der Waals surface area contributed by atoms with Gasteiger partial charge in [0, 0.05) is 19.5 Å². The number of halogens is 1. The molecule has 0 aromatic carbocycles. The summed E-state index contributed by atoms with van der Waals surface area (Å²) in [6.45, 7) is 1.41. The van der Waals surface area contributed by atoms with E-state index in [2.05, 4.69) is 5.32 Å². The van der Waals surface area contributed by atoms with Gasteiger partial charge in [0.05, 0.1) is 5.75 Å². The van der Waals surface area contributed by atoms with Crippen molar-refractivity contribution in [1.82, 2.24) is 9.62 Å². The number of nitrogens with one attached hydrogen (secondary N) is 1. The van der Waals surface area contributed by atoms with Crippen molar-refractivity contribution in [3.8, 4) is 0 Å². The summed E-state index contributed by atoms with van der Waals surface area (Å²) < 4.78 is 24.8. The molecular weight excluding hydrogens is 236 g/mol. The number of hydrogen-bond acceptors (Lipinski definition) is 3. The highest BCUT2D eigenvalue weighted by atomic mass is 35.5. The Balaban J connectivity index is 3.86. The first-order chi connectivity index (χ1) is 7.04. The molecule has 6 heteroatoms. The Morgan fingerprint density at radius 3 is 2.47 bits per heavy atom. The molecule has 0 aliphatic carbocycles. The Morgan fingerprint density at radius 2 is 1.93 bits per heavy atom. The zero-order valence-corrected chi connectivity index (χ0v) is 11.1. The smallest absolute Gasteiger partial charge is 0.213 e. The van der Waals surface area contributed by atoms with Gasteiger partial charge in [-0.2, -0.15) is 0 Å². The van der Waals surface area contributed by atoms with Crippen LogP contribution in [0.15, 0.2) is 0 Å².